The fourth-order valence-corrected chi connectivity index (χ4v) is 19.8. The highest BCUT2D eigenvalue weighted by Crippen LogP contribution is 2.61. The Balaban J connectivity index is 0.898. The third-order valence-electron chi connectivity index (χ3n) is 24.9. The Hall–Kier alpha value is -14.8. The molecule has 0 N–H and O–H groups in total. The molecular formula is C113H79BN4. The molecule has 0 saturated carbocycles. The van der Waals surface area contributed by atoms with Gasteiger partial charge in [0.05, 0.1) is 49.8 Å². The summed E-state index contributed by atoms with van der Waals surface area (Å²) >= 11 is 0. The van der Waals surface area contributed by atoms with E-state index in [9.17, 15) is 11.0 Å². The molecule has 0 saturated heterocycles. The van der Waals surface area contributed by atoms with E-state index < -0.39 is 53.8 Å². The highest BCUT2D eigenvalue weighted by molar-refractivity contribution is 7.00. The van der Waals surface area contributed by atoms with Gasteiger partial charge in [-0.3, -0.25) is 0 Å². The van der Waals surface area contributed by atoms with Crippen molar-refractivity contribution in [2.75, 3.05) is 9.80 Å². The number of nitrogens with zero attached hydrogens (tertiary/aromatic N) is 4. The lowest BCUT2D eigenvalue weighted by Gasteiger charge is -2.46. The topological polar surface area (TPSA) is 16.3 Å². The van der Waals surface area contributed by atoms with Crippen molar-refractivity contribution in [3.8, 4) is 89.3 Å². The minimum Gasteiger partial charge on any atom is -0.310 e. The standard InChI is InChI=1S/C113H79BN4/c1-112(2,3)84-70-105-109-106(71-84)118(111-94(78-44-20-8-21-45-78)68-81(75-38-14-5-15-39-75)69-95(111)79-46-22-9-23-47-79)104-73-86(116-101-59-35-31-55-91(101)107-102(116)65-62-90-87-52-28-32-56-96(87)113(108(90)107,82-48-24-10-25-49-82)83-50-26-11-27-51-83)61-64-98(104)114(109)97-63-60-85(115-99-57-33-29-53-88(99)89-54-30-34-58-100(89)115)72-103(97)117(105)110-92(76-40-16-6-17-41-76)66-80(74-36-12-4-13-37-74)67-93(110)77-42-18-7-19-43-77/h4-73H,1-3H3/i29D,30D,33D,34D,53D,54D,57D,58D. The largest absolute Gasteiger partial charge is 0.310 e. The number of hydrogen-bond acceptors (Lipinski definition) is 2. The molecule has 23 rings (SSSR count). The summed E-state index contributed by atoms with van der Waals surface area (Å²) in [4.78, 5) is 5.08. The predicted molar refractivity (Wildman–Crippen MR) is 498 cm³/mol. The summed E-state index contributed by atoms with van der Waals surface area (Å²) in [6.45, 7) is 6.32. The average Bonchev–Trinajstić information content (AvgIpc) is 1.32. The molecule has 0 bridgehead atoms. The summed E-state index contributed by atoms with van der Waals surface area (Å²) in [5, 5.41) is 2.28. The zero-order valence-corrected chi connectivity index (χ0v) is 65.2. The van der Waals surface area contributed by atoms with E-state index in [2.05, 4.69) is 399 Å². The molecule has 0 amide bonds. The fraction of sp³-hybridized carbons (Fsp3) is 0.0442. The molecule has 4 nitrogen and oxygen atoms in total. The second kappa shape index (κ2) is 27.2. The number of anilines is 6. The fourth-order valence-electron chi connectivity index (χ4n) is 19.8. The van der Waals surface area contributed by atoms with Crippen LogP contribution in [-0.4, -0.2) is 15.8 Å². The number of aromatic nitrogens is 2. The lowest BCUT2D eigenvalue weighted by atomic mass is 9.33. The zero-order chi connectivity index (χ0) is 85.3. The molecule has 2 aliphatic heterocycles. The van der Waals surface area contributed by atoms with Crippen LogP contribution in [0.3, 0.4) is 0 Å². The second-order valence-electron chi connectivity index (χ2n) is 32.3. The van der Waals surface area contributed by atoms with Crippen LogP contribution in [0.2, 0.25) is 0 Å². The van der Waals surface area contributed by atoms with Crippen LogP contribution >= 0.6 is 0 Å². The molecule has 0 spiro atoms. The van der Waals surface area contributed by atoms with E-state index in [1.807, 2.05) is 12.1 Å². The van der Waals surface area contributed by atoms with E-state index in [1.165, 1.54) is 33.4 Å². The normalized spacial score (nSPS) is 14.0. The average molecular weight is 1510 g/mol. The van der Waals surface area contributed by atoms with Gasteiger partial charge in [-0.1, -0.05) is 360 Å². The van der Waals surface area contributed by atoms with Crippen molar-refractivity contribution >= 4 is 101 Å². The third kappa shape index (κ3) is 10.6. The first-order valence-corrected chi connectivity index (χ1v) is 40.6. The van der Waals surface area contributed by atoms with E-state index in [4.69, 9.17) is 0 Å². The molecule has 5 heteroatoms. The van der Waals surface area contributed by atoms with Gasteiger partial charge < -0.3 is 18.9 Å². The Morgan fingerprint density at radius 1 is 0.288 bits per heavy atom. The predicted octanol–water partition coefficient (Wildman–Crippen LogP) is 27.6. The lowest BCUT2D eigenvalue weighted by Crippen LogP contribution is -2.61. The summed E-state index contributed by atoms with van der Waals surface area (Å²) in [6.07, 6.45) is 0. The highest BCUT2D eigenvalue weighted by Gasteiger charge is 2.50. The molecule has 18 aromatic carbocycles. The van der Waals surface area contributed by atoms with E-state index in [1.54, 1.807) is 4.57 Å². The Morgan fingerprint density at radius 2 is 0.669 bits per heavy atom. The first-order chi connectivity index (χ1) is 61.5. The Morgan fingerprint density at radius 3 is 1.11 bits per heavy atom. The lowest BCUT2D eigenvalue weighted by molar-refractivity contribution is 0.590. The number of hydrogen-bond donors (Lipinski definition) is 0. The first kappa shape index (κ1) is 60.8. The van der Waals surface area contributed by atoms with E-state index in [-0.39, 0.29) is 33.9 Å². The molecule has 554 valence electrons. The maximum absolute atomic E-state index is 10.00. The maximum atomic E-state index is 10.00. The molecule has 1 aliphatic carbocycles. The van der Waals surface area contributed by atoms with Crippen molar-refractivity contribution in [2.45, 2.75) is 31.6 Å². The van der Waals surface area contributed by atoms with Crippen molar-refractivity contribution in [3.05, 3.63) is 452 Å². The van der Waals surface area contributed by atoms with Crippen molar-refractivity contribution in [1.82, 2.24) is 9.13 Å². The van der Waals surface area contributed by atoms with Gasteiger partial charge in [0, 0.05) is 77.9 Å². The van der Waals surface area contributed by atoms with Crippen LogP contribution in [0.25, 0.3) is 133 Å². The first-order valence-electron chi connectivity index (χ1n) is 44.6. The smallest absolute Gasteiger partial charge is 0.252 e. The molecule has 20 aromatic rings. The zero-order valence-electron chi connectivity index (χ0n) is 73.2. The van der Waals surface area contributed by atoms with Crippen LogP contribution in [-0.2, 0) is 10.8 Å². The molecule has 0 radical (unpaired) electrons. The van der Waals surface area contributed by atoms with E-state index in [0.717, 1.165) is 150 Å². The van der Waals surface area contributed by atoms with Gasteiger partial charge in [-0.2, -0.15) is 0 Å². The summed E-state index contributed by atoms with van der Waals surface area (Å²) < 4.78 is 80.8. The molecule has 0 atom stereocenters. The van der Waals surface area contributed by atoms with Gasteiger partial charge in [0.1, 0.15) is 0 Å². The van der Waals surface area contributed by atoms with Crippen LogP contribution in [0.5, 0.6) is 0 Å². The van der Waals surface area contributed by atoms with Crippen molar-refractivity contribution < 1.29 is 11.0 Å². The minimum absolute atomic E-state index is 0.000275. The van der Waals surface area contributed by atoms with Gasteiger partial charge >= 0.3 is 0 Å². The van der Waals surface area contributed by atoms with Crippen LogP contribution in [0.4, 0.5) is 34.1 Å². The van der Waals surface area contributed by atoms with Crippen LogP contribution in [0, 0.1) is 0 Å². The van der Waals surface area contributed by atoms with Crippen LogP contribution < -0.4 is 26.2 Å². The number of benzene rings is 18. The van der Waals surface area contributed by atoms with Crippen LogP contribution in [0.1, 0.15) is 59.6 Å². The summed E-state index contributed by atoms with van der Waals surface area (Å²) in [5.74, 6) is 0. The van der Waals surface area contributed by atoms with E-state index >= 15 is 0 Å². The van der Waals surface area contributed by atoms with Gasteiger partial charge in [0.25, 0.3) is 6.71 Å². The Kier molecular flexibility index (Phi) is 14.0. The molecule has 118 heavy (non-hydrogen) atoms. The molecule has 3 aliphatic rings. The minimum atomic E-state index is -0.735. The SMILES string of the molecule is [2H]c1c([2H])c([2H])c2c(c1[2H])c1c([2H])c([2H])c([2H])c([2H])c1n2-c1ccc2c(c1)N(c1c(-c3ccccc3)cc(-c3ccccc3)cc1-c1ccccc1)c1cc(C(C)(C)C)cc3c1B2c1ccc(-n2c4ccccc4c4c5c(ccc42)-c2ccccc2C5(c2ccccc2)c2ccccc2)cc1N3c1c(-c2ccccc2)cc(-c2ccccc2)cc1-c1ccccc1. The van der Waals surface area contributed by atoms with Crippen molar-refractivity contribution in [2.24, 2.45) is 0 Å². The van der Waals surface area contributed by atoms with Gasteiger partial charge in [-0.15, -0.1) is 0 Å². The summed E-state index contributed by atoms with van der Waals surface area (Å²) in [5.41, 5.74) is 30.8. The molecule has 0 fully saturated rings. The number of fused-ring (bicyclic) bond motifs is 14. The number of para-hydroxylation sites is 3. The van der Waals surface area contributed by atoms with Gasteiger partial charge in [0.2, 0.25) is 0 Å². The second-order valence-corrected chi connectivity index (χ2v) is 32.3. The quantitative estimate of drug-likeness (QED) is 0.113. The molecule has 2 aromatic heterocycles. The van der Waals surface area contributed by atoms with Crippen LogP contribution in [0.15, 0.2) is 424 Å². The summed E-state index contributed by atoms with van der Waals surface area (Å²) in [7, 11) is 0. The van der Waals surface area contributed by atoms with Gasteiger partial charge in [-0.05, 0) is 190 Å². The van der Waals surface area contributed by atoms with Crippen molar-refractivity contribution in [3.63, 3.8) is 0 Å². The monoisotopic (exact) mass is 1510 g/mol. The Bertz CT molecular complexity index is 7660. The molecule has 0 unspecified atom stereocenters. The van der Waals surface area contributed by atoms with Gasteiger partial charge in [-0.25, -0.2) is 0 Å². The van der Waals surface area contributed by atoms with E-state index in [0.29, 0.717) is 5.69 Å². The maximum Gasteiger partial charge on any atom is 0.252 e. The third-order valence-corrected chi connectivity index (χ3v) is 24.9. The Labute approximate surface area is 699 Å². The highest BCUT2D eigenvalue weighted by atomic mass is 15.2. The summed E-state index contributed by atoms with van der Waals surface area (Å²) in [6, 6.07) is 133. The van der Waals surface area contributed by atoms with Gasteiger partial charge in [0.15, 0.2) is 0 Å². The van der Waals surface area contributed by atoms with Crippen molar-refractivity contribution in [1.29, 1.82) is 0 Å². The number of rotatable bonds is 12. The molecule has 4 heterocycles. The molecular weight excluding hydrogens is 1420 g/mol.